The largest absolute Gasteiger partial charge is 0.384 e. The van der Waals surface area contributed by atoms with Crippen molar-refractivity contribution in [3.05, 3.63) is 102 Å². The fourth-order valence-electron chi connectivity index (χ4n) is 4.63. The van der Waals surface area contributed by atoms with Crippen LogP contribution in [-0.4, -0.2) is 51.8 Å². The van der Waals surface area contributed by atoms with Gasteiger partial charge in [0.2, 0.25) is 0 Å². The molecule has 0 aliphatic rings. The molecule has 2 aromatic heterocycles. The molecule has 5 aromatic rings. The molecule has 3 N–H and O–H groups in total. The maximum absolute atomic E-state index is 12.8. The number of hydrogen-bond donors (Lipinski definition) is 3. The van der Waals surface area contributed by atoms with E-state index in [0.29, 0.717) is 11.4 Å². The van der Waals surface area contributed by atoms with Gasteiger partial charge in [0.1, 0.15) is 5.82 Å². The minimum absolute atomic E-state index is 0.179. The minimum Gasteiger partial charge on any atom is -0.384 e. The summed E-state index contributed by atoms with van der Waals surface area (Å²) in [5, 5.41) is 14.9. The Bertz CT molecular complexity index is 1480. The third-order valence-electron chi connectivity index (χ3n) is 6.89. The van der Waals surface area contributed by atoms with Crippen molar-refractivity contribution in [1.82, 2.24) is 19.7 Å². The topological polar surface area (TPSA) is 78.0 Å². The highest BCUT2D eigenvalue weighted by molar-refractivity contribution is 6.04. The van der Waals surface area contributed by atoms with Crippen LogP contribution in [0.2, 0.25) is 0 Å². The van der Waals surface area contributed by atoms with Crippen molar-refractivity contribution >= 4 is 28.3 Å². The van der Waals surface area contributed by atoms with Gasteiger partial charge < -0.3 is 20.1 Å². The number of carbonyl (C=O) groups excluding carboxylic acids is 1. The van der Waals surface area contributed by atoms with Crippen molar-refractivity contribution in [3.63, 3.8) is 0 Å². The molecule has 0 bridgehead atoms. The van der Waals surface area contributed by atoms with Crippen molar-refractivity contribution in [1.29, 1.82) is 0 Å². The normalized spacial score (nSPS) is 11.2. The van der Waals surface area contributed by atoms with Gasteiger partial charge in [-0.25, -0.2) is 0 Å². The number of nitrogens with zero attached hydrogens (tertiary/aromatic N) is 3. The number of aromatic amines is 1. The van der Waals surface area contributed by atoms with E-state index >= 15 is 0 Å². The average molecular weight is 507 g/mol. The van der Waals surface area contributed by atoms with Gasteiger partial charge in [0.05, 0.1) is 5.69 Å². The predicted octanol–water partition coefficient (Wildman–Crippen LogP) is 6.09. The molecule has 2 heterocycles. The Morgan fingerprint density at radius 1 is 0.947 bits per heavy atom. The Hall–Kier alpha value is -4.36. The number of nitrogens with one attached hydrogen (secondary N) is 3. The van der Waals surface area contributed by atoms with Crippen LogP contribution in [0.4, 0.5) is 11.5 Å². The van der Waals surface area contributed by atoms with E-state index in [1.165, 1.54) is 10.9 Å². The van der Waals surface area contributed by atoms with E-state index in [9.17, 15) is 4.79 Å². The van der Waals surface area contributed by atoms with Crippen LogP contribution in [0.1, 0.15) is 29.8 Å². The Kier molecular flexibility index (Phi) is 7.85. The summed E-state index contributed by atoms with van der Waals surface area (Å²) in [5.41, 5.74) is 5.76. The molecule has 0 aliphatic carbocycles. The molecule has 0 atom stereocenters. The van der Waals surface area contributed by atoms with E-state index in [-0.39, 0.29) is 5.91 Å². The lowest BCUT2D eigenvalue weighted by Gasteiger charge is -2.18. The zero-order valence-corrected chi connectivity index (χ0v) is 21.9. The molecule has 0 saturated heterocycles. The highest BCUT2D eigenvalue weighted by Gasteiger charge is 2.11. The number of benzene rings is 3. The van der Waals surface area contributed by atoms with E-state index in [2.05, 4.69) is 98.9 Å². The first-order valence-corrected chi connectivity index (χ1v) is 13.2. The van der Waals surface area contributed by atoms with Gasteiger partial charge in [-0.2, -0.15) is 5.10 Å². The van der Waals surface area contributed by atoms with Crippen LogP contribution in [-0.2, 0) is 6.54 Å². The molecule has 0 fully saturated rings. The second-order valence-electron chi connectivity index (χ2n) is 9.35. The SMILES string of the molecule is CCN(CC)CCNc1ccc(C(=O)Nc2cc(-c3ccc4ccn(Cc5ccccc5)c4c3)n[nH]2)cc1. The first-order valence-electron chi connectivity index (χ1n) is 13.2. The second-order valence-corrected chi connectivity index (χ2v) is 9.35. The maximum atomic E-state index is 12.8. The first kappa shape index (κ1) is 25.3. The van der Waals surface area contributed by atoms with E-state index in [1.54, 1.807) is 0 Å². The van der Waals surface area contributed by atoms with Gasteiger partial charge in [-0.3, -0.25) is 9.89 Å². The number of carbonyl (C=O) groups is 1. The molecular weight excluding hydrogens is 472 g/mol. The van der Waals surface area contributed by atoms with Crippen molar-refractivity contribution in [2.24, 2.45) is 0 Å². The average Bonchev–Trinajstić information content (AvgIpc) is 3.59. The van der Waals surface area contributed by atoms with Crippen molar-refractivity contribution < 1.29 is 4.79 Å². The van der Waals surface area contributed by atoms with Gasteiger partial charge in [0.15, 0.2) is 0 Å². The fraction of sp³-hybridized carbons (Fsp3) is 0.226. The lowest BCUT2D eigenvalue weighted by Crippen LogP contribution is -2.28. The lowest BCUT2D eigenvalue weighted by atomic mass is 10.1. The van der Waals surface area contributed by atoms with Crippen LogP contribution in [0.15, 0.2) is 91.1 Å². The van der Waals surface area contributed by atoms with Gasteiger partial charge in [-0.15, -0.1) is 0 Å². The third kappa shape index (κ3) is 5.95. The molecule has 7 nitrogen and oxygen atoms in total. The number of likely N-dealkylation sites (N-methyl/N-ethyl adjacent to an activating group) is 1. The van der Waals surface area contributed by atoms with E-state index < -0.39 is 0 Å². The summed E-state index contributed by atoms with van der Waals surface area (Å²) in [7, 11) is 0. The first-order chi connectivity index (χ1) is 18.6. The van der Waals surface area contributed by atoms with Crippen LogP contribution in [0.5, 0.6) is 0 Å². The summed E-state index contributed by atoms with van der Waals surface area (Å²) < 4.78 is 2.24. The molecule has 0 spiro atoms. The van der Waals surface area contributed by atoms with Crippen LogP contribution in [0.25, 0.3) is 22.2 Å². The summed E-state index contributed by atoms with van der Waals surface area (Å²) in [6.07, 6.45) is 2.11. The number of hydrogen-bond acceptors (Lipinski definition) is 4. The Morgan fingerprint density at radius 3 is 2.50 bits per heavy atom. The summed E-state index contributed by atoms with van der Waals surface area (Å²) in [6, 6.07) is 28.3. The summed E-state index contributed by atoms with van der Waals surface area (Å²) in [4.78, 5) is 15.2. The molecule has 0 saturated carbocycles. The van der Waals surface area contributed by atoms with Crippen molar-refractivity contribution in [2.75, 3.05) is 36.8 Å². The molecule has 0 aliphatic heterocycles. The summed E-state index contributed by atoms with van der Waals surface area (Å²) in [5.74, 6) is 0.383. The number of rotatable bonds is 11. The number of aromatic nitrogens is 3. The highest BCUT2D eigenvalue weighted by Crippen LogP contribution is 2.26. The van der Waals surface area contributed by atoms with Gasteiger partial charge in [0, 0.05) is 54.2 Å². The Balaban J connectivity index is 1.23. The third-order valence-corrected chi connectivity index (χ3v) is 6.89. The standard InChI is InChI=1S/C31H34N6O/c1-3-36(4-2)19-17-32-27-14-12-25(13-15-27)31(38)33-30-21-28(34-35-30)26-11-10-24-16-18-37(29(24)20-26)22-23-8-6-5-7-9-23/h5-16,18,20-21,32H,3-4,17,19,22H2,1-2H3,(H2,33,34,35,38). The lowest BCUT2D eigenvalue weighted by molar-refractivity contribution is 0.102. The monoisotopic (exact) mass is 506 g/mol. The molecule has 0 radical (unpaired) electrons. The number of fused-ring (bicyclic) bond motifs is 1. The zero-order chi connectivity index (χ0) is 26.3. The predicted molar refractivity (Wildman–Crippen MR) is 156 cm³/mol. The number of H-pyrrole nitrogens is 1. The van der Waals surface area contributed by atoms with Gasteiger partial charge in [0.25, 0.3) is 5.91 Å². The van der Waals surface area contributed by atoms with Crippen molar-refractivity contribution in [2.45, 2.75) is 20.4 Å². The molecule has 38 heavy (non-hydrogen) atoms. The number of amides is 1. The minimum atomic E-state index is -0.179. The molecule has 1 amide bonds. The second kappa shape index (κ2) is 11.8. The molecule has 0 unspecified atom stereocenters. The molecule has 5 rings (SSSR count). The number of anilines is 2. The smallest absolute Gasteiger partial charge is 0.256 e. The highest BCUT2D eigenvalue weighted by atomic mass is 16.1. The summed E-state index contributed by atoms with van der Waals surface area (Å²) >= 11 is 0. The van der Waals surface area contributed by atoms with Crippen LogP contribution in [0.3, 0.4) is 0 Å². The Labute approximate surface area is 223 Å². The molecule has 3 aromatic carbocycles. The van der Waals surface area contributed by atoms with Crippen LogP contribution in [0, 0.1) is 0 Å². The van der Waals surface area contributed by atoms with Gasteiger partial charge in [-0.05, 0) is 60.4 Å². The Morgan fingerprint density at radius 2 is 1.74 bits per heavy atom. The molecule has 194 valence electrons. The van der Waals surface area contributed by atoms with Crippen LogP contribution >= 0.6 is 0 Å². The van der Waals surface area contributed by atoms with E-state index in [4.69, 9.17) is 0 Å². The van der Waals surface area contributed by atoms with Gasteiger partial charge in [-0.1, -0.05) is 56.3 Å². The molecule has 7 heteroatoms. The zero-order valence-electron chi connectivity index (χ0n) is 21.9. The van der Waals surface area contributed by atoms with Gasteiger partial charge >= 0.3 is 0 Å². The quantitative estimate of drug-likeness (QED) is 0.203. The van der Waals surface area contributed by atoms with E-state index in [0.717, 1.165) is 55.2 Å². The van der Waals surface area contributed by atoms with Crippen LogP contribution < -0.4 is 10.6 Å². The summed E-state index contributed by atoms with van der Waals surface area (Å²) in [6.45, 7) is 9.09. The maximum Gasteiger partial charge on any atom is 0.256 e. The van der Waals surface area contributed by atoms with Crippen molar-refractivity contribution in [3.8, 4) is 11.3 Å². The van der Waals surface area contributed by atoms with E-state index in [1.807, 2.05) is 36.4 Å². The molecular formula is C31H34N6O. The fourth-order valence-corrected chi connectivity index (χ4v) is 4.63.